The lowest BCUT2D eigenvalue weighted by molar-refractivity contribution is -0.385. The summed E-state index contributed by atoms with van der Waals surface area (Å²) in [5, 5.41) is 14.8. The van der Waals surface area contributed by atoms with E-state index in [2.05, 4.69) is 21.2 Å². The van der Waals surface area contributed by atoms with Crippen LogP contribution in [0.3, 0.4) is 0 Å². The van der Waals surface area contributed by atoms with E-state index in [1.54, 1.807) is 23.1 Å². The Morgan fingerprint density at radius 2 is 1.63 bits per heavy atom. The fraction of sp³-hybridized carbons (Fsp3) is 0.333. The van der Waals surface area contributed by atoms with Crippen LogP contribution in [0.2, 0.25) is 0 Å². The Kier molecular flexibility index (Phi) is 9.65. The van der Waals surface area contributed by atoms with Crippen molar-refractivity contribution < 1.29 is 14.5 Å². The first kappa shape index (κ1) is 27.5. The van der Waals surface area contributed by atoms with Crippen LogP contribution in [0, 0.1) is 10.1 Å². The van der Waals surface area contributed by atoms with Crippen molar-refractivity contribution in [1.29, 1.82) is 0 Å². The third kappa shape index (κ3) is 7.51. The van der Waals surface area contributed by atoms with Crippen LogP contribution < -0.4 is 5.32 Å². The number of nitrogens with zero attached hydrogens (tertiary/aromatic N) is 2. The van der Waals surface area contributed by atoms with E-state index in [1.165, 1.54) is 12.5 Å². The van der Waals surface area contributed by atoms with Crippen LogP contribution in [-0.2, 0) is 29.0 Å². The summed E-state index contributed by atoms with van der Waals surface area (Å²) in [6, 6.07) is 22.9. The molecule has 1 saturated carbocycles. The minimum absolute atomic E-state index is 0.0903. The minimum atomic E-state index is -0.770. The molecule has 2 amide bonds. The quantitative estimate of drug-likeness (QED) is 0.236. The molecule has 3 aromatic carbocycles. The topological polar surface area (TPSA) is 92.6 Å². The largest absolute Gasteiger partial charge is 0.352 e. The van der Waals surface area contributed by atoms with E-state index in [0.29, 0.717) is 12.0 Å². The van der Waals surface area contributed by atoms with Crippen molar-refractivity contribution in [3.63, 3.8) is 0 Å². The van der Waals surface area contributed by atoms with Gasteiger partial charge in [-0.1, -0.05) is 95.9 Å². The van der Waals surface area contributed by atoms with Gasteiger partial charge in [0.1, 0.15) is 6.04 Å². The molecule has 8 heteroatoms. The van der Waals surface area contributed by atoms with Crippen molar-refractivity contribution in [3.8, 4) is 0 Å². The van der Waals surface area contributed by atoms with Gasteiger partial charge < -0.3 is 10.2 Å². The molecule has 4 rings (SSSR count). The van der Waals surface area contributed by atoms with Crippen LogP contribution in [0.15, 0.2) is 83.3 Å². The molecular weight excluding hydrogens is 546 g/mol. The van der Waals surface area contributed by atoms with Crippen LogP contribution in [-0.4, -0.2) is 33.7 Å². The molecule has 0 radical (unpaired) electrons. The van der Waals surface area contributed by atoms with Gasteiger partial charge in [-0.3, -0.25) is 19.7 Å². The summed E-state index contributed by atoms with van der Waals surface area (Å²) in [6.45, 7) is 0.203. The predicted octanol–water partition coefficient (Wildman–Crippen LogP) is 5.99. The van der Waals surface area contributed by atoms with E-state index in [9.17, 15) is 19.7 Å². The van der Waals surface area contributed by atoms with Gasteiger partial charge in [-0.25, -0.2) is 0 Å². The Hall–Kier alpha value is -3.52. The van der Waals surface area contributed by atoms with Crippen LogP contribution in [0.1, 0.15) is 48.8 Å². The monoisotopic (exact) mass is 577 g/mol. The molecule has 198 valence electrons. The first-order chi connectivity index (χ1) is 18.4. The van der Waals surface area contributed by atoms with Gasteiger partial charge in [-0.15, -0.1) is 0 Å². The first-order valence-corrected chi connectivity index (χ1v) is 13.8. The van der Waals surface area contributed by atoms with Gasteiger partial charge in [-0.05, 0) is 36.1 Å². The zero-order valence-corrected chi connectivity index (χ0v) is 22.8. The smallest absolute Gasteiger partial charge is 0.273 e. The van der Waals surface area contributed by atoms with Crippen molar-refractivity contribution >= 4 is 33.4 Å². The molecule has 38 heavy (non-hydrogen) atoms. The van der Waals surface area contributed by atoms with Gasteiger partial charge in [0.2, 0.25) is 11.8 Å². The highest BCUT2D eigenvalue weighted by atomic mass is 79.9. The fourth-order valence-corrected chi connectivity index (χ4v) is 5.48. The van der Waals surface area contributed by atoms with Crippen molar-refractivity contribution in [2.24, 2.45) is 0 Å². The highest BCUT2D eigenvalue weighted by molar-refractivity contribution is 9.10. The van der Waals surface area contributed by atoms with Crippen molar-refractivity contribution in [2.75, 3.05) is 0 Å². The Labute approximate surface area is 231 Å². The number of benzene rings is 3. The molecule has 0 unspecified atom stereocenters. The van der Waals surface area contributed by atoms with Crippen LogP contribution in [0.25, 0.3) is 0 Å². The summed E-state index contributed by atoms with van der Waals surface area (Å²) < 4.78 is 0.868. The van der Waals surface area contributed by atoms with Crippen LogP contribution >= 0.6 is 15.9 Å². The predicted molar refractivity (Wildman–Crippen MR) is 150 cm³/mol. The van der Waals surface area contributed by atoms with E-state index in [-0.39, 0.29) is 36.5 Å². The van der Waals surface area contributed by atoms with Crippen molar-refractivity contribution in [3.05, 3.63) is 110 Å². The maximum Gasteiger partial charge on any atom is 0.273 e. The average molecular weight is 579 g/mol. The minimum Gasteiger partial charge on any atom is -0.352 e. The van der Waals surface area contributed by atoms with Crippen molar-refractivity contribution in [1.82, 2.24) is 10.2 Å². The van der Waals surface area contributed by atoms with Gasteiger partial charge in [0, 0.05) is 35.1 Å². The molecule has 0 aromatic heterocycles. The first-order valence-electron chi connectivity index (χ1n) is 13.0. The zero-order valence-electron chi connectivity index (χ0n) is 21.2. The molecule has 7 nitrogen and oxygen atoms in total. The average Bonchev–Trinajstić information content (AvgIpc) is 2.92. The summed E-state index contributed by atoms with van der Waals surface area (Å²) in [5.41, 5.74) is 2.02. The van der Waals surface area contributed by atoms with Gasteiger partial charge >= 0.3 is 0 Å². The van der Waals surface area contributed by atoms with E-state index >= 15 is 0 Å². The van der Waals surface area contributed by atoms with Gasteiger partial charge in [-0.2, -0.15) is 0 Å². The lowest BCUT2D eigenvalue weighted by Crippen LogP contribution is -2.53. The second kappa shape index (κ2) is 13.3. The van der Waals surface area contributed by atoms with E-state index < -0.39 is 11.0 Å². The number of hydrogen-bond acceptors (Lipinski definition) is 4. The molecule has 1 atom stereocenters. The maximum atomic E-state index is 13.9. The van der Waals surface area contributed by atoms with Gasteiger partial charge in [0.25, 0.3) is 5.69 Å². The number of carbonyl (C=O) groups excluding carboxylic acids is 2. The van der Waals surface area contributed by atoms with Gasteiger partial charge in [0.15, 0.2) is 0 Å². The third-order valence-electron chi connectivity index (χ3n) is 6.99. The van der Waals surface area contributed by atoms with E-state index in [0.717, 1.165) is 41.3 Å². The molecule has 0 heterocycles. The number of rotatable bonds is 10. The summed E-state index contributed by atoms with van der Waals surface area (Å²) in [6.07, 6.45) is 5.35. The Balaban J connectivity index is 1.69. The van der Waals surface area contributed by atoms with E-state index in [1.807, 2.05) is 54.6 Å². The highest BCUT2D eigenvalue weighted by Gasteiger charge is 2.32. The normalized spacial score (nSPS) is 14.4. The molecule has 1 fully saturated rings. The summed E-state index contributed by atoms with van der Waals surface area (Å²) >= 11 is 3.50. The standard InChI is InChI=1S/C30H32BrN3O4/c31-25-14-9-12-23(18-25)21-33(29(35)20-24-13-7-8-17-27(24)34(37)38)28(19-22-10-3-1-4-11-22)30(36)32-26-15-5-2-6-16-26/h1,3-4,7-14,17-18,26,28H,2,5-6,15-16,19-21H2,(H,32,36)/t28-/m1/s1. The Bertz CT molecular complexity index is 1260. The number of nitro benzene ring substituents is 1. The lowest BCUT2D eigenvalue weighted by Gasteiger charge is -2.33. The lowest BCUT2D eigenvalue weighted by atomic mass is 9.94. The maximum absolute atomic E-state index is 13.9. The summed E-state index contributed by atoms with van der Waals surface area (Å²) in [4.78, 5) is 40.5. The number of hydrogen-bond donors (Lipinski definition) is 1. The number of amides is 2. The molecule has 1 aliphatic carbocycles. The number of para-hydroxylation sites is 1. The number of carbonyl (C=O) groups is 2. The van der Waals surface area contributed by atoms with Crippen molar-refractivity contribution in [2.45, 2.75) is 63.6 Å². The van der Waals surface area contributed by atoms with Gasteiger partial charge in [0.05, 0.1) is 11.3 Å². The third-order valence-corrected chi connectivity index (χ3v) is 7.49. The molecule has 0 spiro atoms. The molecule has 1 N–H and O–H groups in total. The van der Waals surface area contributed by atoms with Crippen LogP contribution in [0.5, 0.6) is 0 Å². The SMILES string of the molecule is O=C(NC1CCCCC1)[C@@H](Cc1ccccc1)N(Cc1cccc(Br)c1)C(=O)Cc1ccccc1[N+](=O)[O-]. The second-order valence-electron chi connectivity index (χ2n) is 9.76. The molecular formula is C30H32BrN3O4. The second-order valence-corrected chi connectivity index (χ2v) is 10.7. The number of nitro groups is 1. The Morgan fingerprint density at radius 3 is 2.34 bits per heavy atom. The molecule has 0 saturated heterocycles. The number of nitrogens with one attached hydrogen (secondary N) is 1. The summed E-state index contributed by atoms with van der Waals surface area (Å²) in [7, 11) is 0. The molecule has 1 aliphatic rings. The number of halogens is 1. The summed E-state index contributed by atoms with van der Waals surface area (Å²) in [5.74, 6) is -0.523. The fourth-order valence-electron chi connectivity index (χ4n) is 5.03. The highest BCUT2D eigenvalue weighted by Crippen LogP contribution is 2.23. The van der Waals surface area contributed by atoms with Crippen LogP contribution in [0.4, 0.5) is 5.69 Å². The molecule has 0 aliphatic heterocycles. The van der Waals surface area contributed by atoms with E-state index in [4.69, 9.17) is 0 Å². The Morgan fingerprint density at radius 1 is 0.947 bits per heavy atom. The molecule has 0 bridgehead atoms. The molecule has 3 aromatic rings. The zero-order chi connectivity index (χ0) is 26.9.